The van der Waals surface area contributed by atoms with Gasteiger partial charge in [0.05, 0.1) is 25.0 Å². The van der Waals surface area contributed by atoms with Crippen LogP contribution in [0.15, 0.2) is 79.5 Å². The fraction of sp³-hybridized carbons (Fsp3) is 0.0833. The third-order valence-corrected chi connectivity index (χ3v) is 5.08. The summed E-state index contributed by atoms with van der Waals surface area (Å²) >= 11 is 0. The van der Waals surface area contributed by atoms with Gasteiger partial charge in [0.25, 0.3) is 0 Å². The van der Waals surface area contributed by atoms with Gasteiger partial charge in [0, 0.05) is 52.4 Å². The number of aliphatic hydroxyl groups excluding tert-OH is 1. The topological polar surface area (TPSA) is 76.7 Å². The standard InChI is InChI=1S/C24H18FN5O/c25-22-6-2-1-4-20(22)23-11-21(19-5-3-7-27-24(19)29-23)17-10-16(12-26-13-17)18-14-28-30(15-18)8-9-31/h1-7,10-15,31H,8-9H2. The number of halogens is 1. The van der Waals surface area contributed by atoms with Gasteiger partial charge in [-0.25, -0.2) is 14.4 Å². The molecule has 0 saturated carbocycles. The number of nitrogens with zero attached hydrogens (tertiary/aromatic N) is 5. The molecular weight excluding hydrogens is 393 g/mol. The minimum Gasteiger partial charge on any atom is -0.394 e. The van der Waals surface area contributed by atoms with Crippen molar-refractivity contribution in [3.8, 4) is 33.5 Å². The molecule has 0 spiro atoms. The van der Waals surface area contributed by atoms with E-state index in [-0.39, 0.29) is 12.4 Å². The van der Waals surface area contributed by atoms with E-state index >= 15 is 0 Å². The van der Waals surface area contributed by atoms with Gasteiger partial charge in [0.2, 0.25) is 0 Å². The lowest BCUT2D eigenvalue weighted by Gasteiger charge is -2.11. The van der Waals surface area contributed by atoms with Gasteiger partial charge in [-0.15, -0.1) is 0 Å². The van der Waals surface area contributed by atoms with Crippen molar-refractivity contribution in [3.63, 3.8) is 0 Å². The highest BCUT2D eigenvalue weighted by molar-refractivity contribution is 5.95. The summed E-state index contributed by atoms with van der Waals surface area (Å²) < 4.78 is 16.1. The van der Waals surface area contributed by atoms with Crippen LogP contribution in [0.25, 0.3) is 44.5 Å². The van der Waals surface area contributed by atoms with Crippen LogP contribution < -0.4 is 0 Å². The zero-order chi connectivity index (χ0) is 21.2. The fourth-order valence-electron chi connectivity index (χ4n) is 3.59. The van der Waals surface area contributed by atoms with E-state index in [4.69, 9.17) is 5.11 Å². The molecule has 0 saturated heterocycles. The summed E-state index contributed by atoms with van der Waals surface area (Å²) in [7, 11) is 0. The van der Waals surface area contributed by atoms with Gasteiger partial charge in [-0.1, -0.05) is 12.1 Å². The SMILES string of the molecule is OCCn1cc(-c2cncc(-c3cc(-c4ccccc4F)nc4ncccc34)c2)cn1. The molecule has 152 valence electrons. The van der Waals surface area contributed by atoms with Crippen molar-refractivity contribution in [2.45, 2.75) is 6.54 Å². The van der Waals surface area contributed by atoms with E-state index in [0.717, 1.165) is 27.6 Å². The zero-order valence-corrected chi connectivity index (χ0v) is 16.5. The van der Waals surface area contributed by atoms with Crippen LogP contribution in [0.4, 0.5) is 4.39 Å². The number of pyridine rings is 3. The number of benzene rings is 1. The van der Waals surface area contributed by atoms with Crippen molar-refractivity contribution < 1.29 is 9.50 Å². The molecular formula is C24H18FN5O. The Bertz CT molecular complexity index is 1380. The van der Waals surface area contributed by atoms with E-state index in [2.05, 4.69) is 20.1 Å². The molecule has 0 fully saturated rings. The lowest BCUT2D eigenvalue weighted by molar-refractivity contribution is 0.269. The Hall–Kier alpha value is -3.97. The van der Waals surface area contributed by atoms with Gasteiger partial charge in [-0.05, 0) is 42.0 Å². The summed E-state index contributed by atoms with van der Waals surface area (Å²) in [4.78, 5) is 13.4. The molecule has 0 bridgehead atoms. The number of hydrogen-bond donors (Lipinski definition) is 1. The summed E-state index contributed by atoms with van der Waals surface area (Å²) in [5, 5.41) is 14.2. The monoisotopic (exact) mass is 411 g/mol. The minimum absolute atomic E-state index is 0.0221. The molecule has 1 aromatic carbocycles. The zero-order valence-electron chi connectivity index (χ0n) is 16.5. The highest BCUT2D eigenvalue weighted by Crippen LogP contribution is 2.33. The number of aromatic nitrogens is 5. The van der Waals surface area contributed by atoms with Crippen LogP contribution in [0.1, 0.15) is 0 Å². The molecule has 0 aliphatic rings. The molecule has 4 heterocycles. The Morgan fingerprint density at radius 1 is 0.903 bits per heavy atom. The average molecular weight is 411 g/mol. The van der Waals surface area contributed by atoms with Crippen LogP contribution >= 0.6 is 0 Å². The summed E-state index contributed by atoms with van der Waals surface area (Å²) in [6.45, 7) is 0.452. The normalized spacial score (nSPS) is 11.2. The molecule has 1 N–H and O–H groups in total. The number of aliphatic hydroxyl groups is 1. The van der Waals surface area contributed by atoms with Crippen molar-refractivity contribution in [2.24, 2.45) is 0 Å². The first kappa shape index (κ1) is 19.0. The Morgan fingerprint density at radius 2 is 1.77 bits per heavy atom. The first-order valence-corrected chi connectivity index (χ1v) is 9.83. The van der Waals surface area contributed by atoms with E-state index in [9.17, 15) is 4.39 Å². The van der Waals surface area contributed by atoms with E-state index in [0.29, 0.717) is 23.4 Å². The van der Waals surface area contributed by atoms with Gasteiger partial charge < -0.3 is 5.11 Å². The highest BCUT2D eigenvalue weighted by Gasteiger charge is 2.14. The third-order valence-electron chi connectivity index (χ3n) is 5.08. The van der Waals surface area contributed by atoms with Crippen LogP contribution in [-0.4, -0.2) is 36.4 Å². The molecule has 4 aromatic heterocycles. The van der Waals surface area contributed by atoms with E-state index < -0.39 is 0 Å². The number of rotatable bonds is 5. The third kappa shape index (κ3) is 3.67. The molecule has 5 aromatic rings. The molecule has 0 unspecified atom stereocenters. The molecule has 0 aliphatic carbocycles. The molecule has 0 atom stereocenters. The summed E-state index contributed by atoms with van der Waals surface area (Å²) in [5.74, 6) is -0.334. The largest absolute Gasteiger partial charge is 0.394 e. The second-order valence-electron chi connectivity index (χ2n) is 7.09. The van der Waals surface area contributed by atoms with Crippen LogP contribution in [0.5, 0.6) is 0 Å². The van der Waals surface area contributed by atoms with Crippen LogP contribution in [-0.2, 0) is 6.54 Å². The smallest absolute Gasteiger partial charge is 0.160 e. The number of hydrogen-bond acceptors (Lipinski definition) is 5. The van der Waals surface area contributed by atoms with Crippen molar-refractivity contribution in [1.29, 1.82) is 0 Å². The predicted molar refractivity (Wildman–Crippen MR) is 116 cm³/mol. The summed E-state index contributed by atoms with van der Waals surface area (Å²) in [5.41, 5.74) is 5.00. The fourth-order valence-corrected chi connectivity index (χ4v) is 3.59. The van der Waals surface area contributed by atoms with Crippen molar-refractivity contribution >= 4 is 11.0 Å². The molecule has 0 radical (unpaired) electrons. The maximum atomic E-state index is 14.5. The molecule has 6 nitrogen and oxygen atoms in total. The molecule has 0 aliphatic heterocycles. The predicted octanol–water partition coefficient (Wildman–Crippen LogP) is 4.35. The summed E-state index contributed by atoms with van der Waals surface area (Å²) in [6.07, 6.45) is 8.83. The number of fused-ring (bicyclic) bond motifs is 1. The highest BCUT2D eigenvalue weighted by atomic mass is 19.1. The van der Waals surface area contributed by atoms with Gasteiger partial charge in [-0.3, -0.25) is 9.67 Å². The van der Waals surface area contributed by atoms with E-state index in [1.54, 1.807) is 47.7 Å². The molecule has 0 amide bonds. The Labute approximate surface area is 177 Å². The first-order chi connectivity index (χ1) is 15.2. The van der Waals surface area contributed by atoms with E-state index in [1.807, 2.05) is 30.5 Å². The minimum atomic E-state index is -0.334. The lowest BCUT2D eigenvalue weighted by atomic mass is 9.99. The van der Waals surface area contributed by atoms with Crippen LogP contribution in [0.3, 0.4) is 0 Å². The Kier molecular flexibility index (Phi) is 4.93. The average Bonchev–Trinajstić information content (AvgIpc) is 3.28. The van der Waals surface area contributed by atoms with Crippen LogP contribution in [0.2, 0.25) is 0 Å². The summed E-state index contributed by atoms with van der Waals surface area (Å²) in [6, 6.07) is 14.3. The van der Waals surface area contributed by atoms with Crippen LogP contribution in [0, 0.1) is 5.82 Å². The van der Waals surface area contributed by atoms with E-state index in [1.165, 1.54) is 6.07 Å². The maximum absolute atomic E-state index is 14.5. The molecule has 31 heavy (non-hydrogen) atoms. The Balaban J connectivity index is 1.67. The maximum Gasteiger partial charge on any atom is 0.160 e. The van der Waals surface area contributed by atoms with Gasteiger partial charge in [0.1, 0.15) is 5.82 Å². The van der Waals surface area contributed by atoms with Gasteiger partial charge in [0.15, 0.2) is 5.65 Å². The van der Waals surface area contributed by atoms with Crippen molar-refractivity contribution in [3.05, 3.63) is 85.3 Å². The first-order valence-electron chi connectivity index (χ1n) is 9.83. The van der Waals surface area contributed by atoms with Gasteiger partial charge >= 0.3 is 0 Å². The van der Waals surface area contributed by atoms with Gasteiger partial charge in [-0.2, -0.15) is 5.10 Å². The Morgan fingerprint density at radius 3 is 2.65 bits per heavy atom. The second kappa shape index (κ2) is 8.04. The lowest BCUT2D eigenvalue weighted by Crippen LogP contribution is -2.01. The van der Waals surface area contributed by atoms with Crippen molar-refractivity contribution in [1.82, 2.24) is 24.7 Å². The molecule has 7 heteroatoms. The second-order valence-corrected chi connectivity index (χ2v) is 7.09. The quantitative estimate of drug-likeness (QED) is 0.465. The molecule has 5 rings (SSSR count). The van der Waals surface area contributed by atoms with Crippen molar-refractivity contribution in [2.75, 3.05) is 6.61 Å².